The van der Waals surface area contributed by atoms with Gasteiger partial charge in [-0.2, -0.15) is 0 Å². The van der Waals surface area contributed by atoms with E-state index in [2.05, 4.69) is 20.7 Å². The van der Waals surface area contributed by atoms with E-state index in [1.807, 2.05) is 0 Å². The number of nitrogens with zero attached hydrogens (tertiary/aromatic N) is 5. The molecule has 0 amide bonds. The fraction of sp³-hybridized carbons (Fsp3) is 0.300. The molecule has 7 heteroatoms. The summed E-state index contributed by atoms with van der Waals surface area (Å²) in [6.45, 7) is 0. The van der Waals surface area contributed by atoms with Crippen molar-refractivity contribution in [1.29, 1.82) is 0 Å². The van der Waals surface area contributed by atoms with Gasteiger partial charge in [0.25, 0.3) is 0 Å². The van der Waals surface area contributed by atoms with Crippen LogP contribution < -0.4 is 4.74 Å². The van der Waals surface area contributed by atoms with E-state index in [1.54, 1.807) is 38.4 Å². The second kappa shape index (κ2) is 4.69. The van der Waals surface area contributed by atoms with Crippen LogP contribution in [-0.2, 0) is 7.05 Å². The Labute approximate surface area is 97.4 Å². The summed E-state index contributed by atoms with van der Waals surface area (Å²) in [5.41, 5.74) is 0.721. The molecule has 0 aliphatic rings. The number of aromatic nitrogens is 4. The van der Waals surface area contributed by atoms with Crippen LogP contribution >= 0.6 is 0 Å². The Morgan fingerprint density at radius 3 is 2.53 bits per heavy atom. The smallest absolute Gasteiger partial charge is 0.183 e. The standard InChI is InChI=1S/C10H11N5O2/c1-15-10(11-13-14-15)9(12-16)7-3-5-8(17-2)6-4-7/h3-6,9H,1-2H3. The first-order valence-electron chi connectivity index (χ1n) is 4.95. The molecule has 0 saturated heterocycles. The van der Waals surface area contributed by atoms with E-state index < -0.39 is 6.04 Å². The lowest BCUT2D eigenvalue weighted by molar-refractivity contribution is 0.414. The van der Waals surface area contributed by atoms with E-state index in [9.17, 15) is 4.91 Å². The van der Waals surface area contributed by atoms with Crippen LogP contribution in [-0.4, -0.2) is 27.3 Å². The van der Waals surface area contributed by atoms with E-state index >= 15 is 0 Å². The van der Waals surface area contributed by atoms with Gasteiger partial charge in [-0.25, -0.2) is 4.68 Å². The zero-order valence-corrected chi connectivity index (χ0v) is 9.44. The third kappa shape index (κ3) is 2.12. The van der Waals surface area contributed by atoms with Gasteiger partial charge in [-0.05, 0) is 28.1 Å². The number of nitroso groups, excluding NO2 is 1. The molecule has 0 radical (unpaired) electrons. The molecule has 1 aromatic heterocycles. The van der Waals surface area contributed by atoms with Gasteiger partial charge in [0.05, 0.1) is 7.11 Å². The quantitative estimate of drug-likeness (QED) is 0.738. The van der Waals surface area contributed by atoms with Crippen LogP contribution in [0.4, 0.5) is 0 Å². The second-order valence-corrected chi connectivity index (χ2v) is 3.44. The molecule has 0 aliphatic heterocycles. The van der Waals surface area contributed by atoms with Gasteiger partial charge < -0.3 is 4.74 Å². The van der Waals surface area contributed by atoms with Crippen LogP contribution in [0.25, 0.3) is 0 Å². The minimum Gasteiger partial charge on any atom is -0.497 e. The number of tetrazole rings is 1. The predicted molar refractivity (Wildman–Crippen MR) is 59.4 cm³/mol. The molecule has 0 bridgehead atoms. The van der Waals surface area contributed by atoms with E-state index in [0.29, 0.717) is 5.82 Å². The zero-order valence-electron chi connectivity index (χ0n) is 9.44. The minimum absolute atomic E-state index is 0.408. The summed E-state index contributed by atoms with van der Waals surface area (Å²) in [4.78, 5) is 10.9. The topological polar surface area (TPSA) is 82.3 Å². The molecule has 0 fully saturated rings. The van der Waals surface area contributed by atoms with Crippen LogP contribution in [0.2, 0.25) is 0 Å². The van der Waals surface area contributed by atoms with Crippen LogP contribution in [0.5, 0.6) is 5.75 Å². The van der Waals surface area contributed by atoms with Gasteiger partial charge in [0.15, 0.2) is 11.9 Å². The van der Waals surface area contributed by atoms with Crippen molar-refractivity contribution in [3.8, 4) is 5.75 Å². The molecule has 88 valence electrons. The predicted octanol–water partition coefficient (Wildman–Crippen LogP) is 1.07. The number of methoxy groups -OCH3 is 1. The van der Waals surface area contributed by atoms with Crippen molar-refractivity contribution in [3.05, 3.63) is 40.6 Å². The van der Waals surface area contributed by atoms with Gasteiger partial charge in [-0.1, -0.05) is 17.3 Å². The average molecular weight is 233 g/mol. The SMILES string of the molecule is COc1ccc(C(N=O)c2nnnn2C)cc1. The Hall–Kier alpha value is -2.31. The molecule has 2 aromatic rings. The maximum Gasteiger partial charge on any atom is 0.183 e. The number of aryl methyl sites for hydroxylation is 1. The molecule has 0 aliphatic carbocycles. The third-order valence-electron chi connectivity index (χ3n) is 2.43. The van der Waals surface area contributed by atoms with Crippen molar-refractivity contribution in [3.63, 3.8) is 0 Å². The van der Waals surface area contributed by atoms with E-state index in [-0.39, 0.29) is 0 Å². The van der Waals surface area contributed by atoms with E-state index in [1.165, 1.54) is 4.68 Å². The van der Waals surface area contributed by atoms with Crippen molar-refractivity contribution in [2.75, 3.05) is 7.11 Å². The van der Waals surface area contributed by atoms with Gasteiger partial charge in [0.2, 0.25) is 0 Å². The molecular weight excluding hydrogens is 222 g/mol. The van der Waals surface area contributed by atoms with Crippen LogP contribution in [0.1, 0.15) is 17.4 Å². The summed E-state index contributed by atoms with van der Waals surface area (Å²) in [6, 6.07) is 6.34. The Kier molecular flexibility index (Phi) is 3.08. The minimum atomic E-state index is -0.707. The molecule has 7 nitrogen and oxygen atoms in total. The summed E-state index contributed by atoms with van der Waals surface area (Å²) in [6.07, 6.45) is 0. The zero-order chi connectivity index (χ0) is 12.3. The number of benzene rings is 1. The number of hydrogen-bond donors (Lipinski definition) is 0. The highest BCUT2D eigenvalue weighted by molar-refractivity contribution is 5.31. The Morgan fingerprint density at radius 1 is 1.35 bits per heavy atom. The Balaban J connectivity index is 2.35. The lowest BCUT2D eigenvalue weighted by Crippen LogP contribution is -2.06. The maximum atomic E-state index is 10.9. The Bertz CT molecular complexity index is 508. The highest BCUT2D eigenvalue weighted by Crippen LogP contribution is 2.25. The second-order valence-electron chi connectivity index (χ2n) is 3.44. The first-order chi connectivity index (χ1) is 8.26. The van der Waals surface area contributed by atoms with Gasteiger partial charge in [-0.3, -0.25) is 0 Å². The highest BCUT2D eigenvalue weighted by Gasteiger charge is 2.20. The van der Waals surface area contributed by atoms with Crippen molar-refractivity contribution < 1.29 is 4.74 Å². The molecule has 1 heterocycles. The summed E-state index contributed by atoms with van der Waals surface area (Å²) in [7, 11) is 3.24. The van der Waals surface area contributed by atoms with E-state index in [0.717, 1.165) is 11.3 Å². The lowest BCUT2D eigenvalue weighted by atomic mass is 10.1. The van der Waals surface area contributed by atoms with Crippen LogP contribution in [0.15, 0.2) is 29.4 Å². The first-order valence-corrected chi connectivity index (χ1v) is 4.95. The van der Waals surface area contributed by atoms with Crippen molar-refractivity contribution in [2.24, 2.45) is 12.2 Å². The molecule has 2 rings (SSSR count). The molecule has 0 N–H and O–H groups in total. The average Bonchev–Trinajstić information content (AvgIpc) is 2.78. The number of rotatable bonds is 4. The summed E-state index contributed by atoms with van der Waals surface area (Å²) in [5, 5.41) is 14.0. The summed E-state index contributed by atoms with van der Waals surface area (Å²) >= 11 is 0. The van der Waals surface area contributed by atoms with Gasteiger partial charge in [0, 0.05) is 7.05 Å². The van der Waals surface area contributed by atoms with Crippen molar-refractivity contribution in [1.82, 2.24) is 20.2 Å². The highest BCUT2D eigenvalue weighted by atomic mass is 16.5. The molecule has 1 atom stereocenters. The van der Waals surface area contributed by atoms with Crippen LogP contribution in [0, 0.1) is 4.91 Å². The molecule has 0 saturated carbocycles. The number of ether oxygens (including phenoxy) is 1. The fourth-order valence-corrected chi connectivity index (χ4v) is 1.51. The molecule has 17 heavy (non-hydrogen) atoms. The Morgan fingerprint density at radius 2 is 2.06 bits per heavy atom. The molecular formula is C10H11N5O2. The van der Waals surface area contributed by atoms with Crippen molar-refractivity contribution in [2.45, 2.75) is 6.04 Å². The van der Waals surface area contributed by atoms with Gasteiger partial charge in [0.1, 0.15) is 5.75 Å². The molecule has 1 aromatic carbocycles. The molecule has 0 spiro atoms. The third-order valence-corrected chi connectivity index (χ3v) is 2.43. The normalized spacial score (nSPS) is 12.1. The van der Waals surface area contributed by atoms with Gasteiger partial charge >= 0.3 is 0 Å². The van der Waals surface area contributed by atoms with Crippen LogP contribution in [0.3, 0.4) is 0 Å². The lowest BCUT2D eigenvalue weighted by Gasteiger charge is -2.08. The summed E-state index contributed by atoms with van der Waals surface area (Å²) < 4.78 is 6.47. The van der Waals surface area contributed by atoms with Gasteiger partial charge in [-0.15, -0.1) is 10.0 Å². The largest absolute Gasteiger partial charge is 0.497 e. The fourth-order valence-electron chi connectivity index (χ4n) is 1.51. The molecule has 1 unspecified atom stereocenters. The van der Waals surface area contributed by atoms with E-state index in [4.69, 9.17) is 4.74 Å². The van der Waals surface area contributed by atoms with Crippen molar-refractivity contribution >= 4 is 0 Å². The summed E-state index contributed by atoms with van der Waals surface area (Å²) in [5.74, 6) is 1.12. The number of hydrogen-bond acceptors (Lipinski definition) is 6. The first kappa shape index (κ1) is 11.2. The monoisotopic (exact) mass is 233 g/mol. The maximum absolute atomic E-state index is 10.9.